The molecular formula is C28H40N3O2+. The molecule has 7 atom stereocenters. The van der Waals surface area contributed by atoms with Gasteiger partial charge in [-0.2, -0.15) is 9.67 Å². The van der Waals surface area contributed by atoms with Crippen molar-refractivity contribution in [2.45, 2.75) is 84.8 Å². The number of rotatable bonds is 3. The first kappa shape index (κ1) is 22.8. The molecule has 0 spiro atoms. The van der Waals surface area contributed by atoms with Crippen LogP contribution in [0.2, 0.25) is 0 Å². The third kappa shape index (κ3) is 3.67. The molecule has 2 N–H and O–H groups in total. The number of nitrogens with one attached hydrogen (secondary N) is 1. The predicted molar refractivity (Wildman–Crippen MR) is 129 cm³/mol. The molecule has 1 amide bonds. The fourth-order valence-corrected chi connectivity index (χ4v) is 8.12. The largest absolute Gasteiger partial charge is 0.390 e. The molecule has 0 aromatic carbocycles. The van der Waals surface area contributed by atoms with Crippen molar-refractivity contribution in [3.63, 3.8) is 0 Å². The Morgan fingerprint density at radius 1 is 1.12 bits per heavy atom. The van der Waals surface area contributed by atoms with Crippen LogP contribution in [0.3, 0.4) is 0 Å². The molecular weight excluding hydrogens is 410 g/mol. The lowest BCUT2D eigenvalue weighted by Gasteiger charge is -2.61. The van der Waals surface area contributed by atoms with Crippen molar-refractivity contribution in [1.82, 2.24) is 5.43 Å². The molecule has 5 nitrogen and oxygen atoms in total. The Morgan fingerprint density at radius 3 is 2.61 bits per heavy atom. The van der Waals surface area contributed by atoms with E-state index in [9.17, 15) is 9.90 Å². The summed E-state index contributed by atoms with van der Waals surface area (Å²) >= 11 is 0. The minimum Gasteiger partial charge on any atom is -0.390 e. The average molecular weight is 451 g/mol. The maximum Gasteiger partial charge on any atom is 0.305 e. The van der Waals surface area contributed by atoms with Gasteiger partial charge in [0.2, 0.25) is 6.54 Å². The lowest BCUT2D eigenvalue weighted by molar-refractivity contribution is -0.684. The van der Waals surface area contributed by atoms with Crippen molar-refractivity contribution in [2.24, 2.45) is 39.6 Å². The molecule has 5 heteroatoms. The summed E-state index contributed by atoms with van der Waals surface area (Å²) in [4.78, 5) is 12.3. The fraction of sp³-hybridized carbons (Fsp3) is 0.679. The van der Waals surface area contributed by atoms with Crippen molar-refractivity contribution < 1.29 is 14.5 Å². The summed E-state index contributed by atoms with van der Waals surface area (Å²) in [5.41, 5.74) is 5.06. The van der Waals surface area contributed by atoms with E-state index >= 15 is 0 Å². The van der Waals surface area contributed by atoms with Crippen LogP contribution in [0.1, 0.15) is 72.6 Å². The highest BCUT2D eigenvalue weighted by Crippen LogP contribution is 2.68. The summed E-state index contributed by atoms with van der Waals surface area (Å²) in [5.74, 6) is 2.54. The summed E-state index contributed by atoms with van der Waals surface area (Å²) < 4.78 is 1.85. The zero-order valence-corrected chi connectivity index (χ0v) is 20.7. The van der Waals surface area contributed by atoms with Gasteiger partial charge in [-0.05, 0) is 92.4 Å². The number of hydrogen-bond acceptors (Lipinski definition) is 3. The number of aliphatic hydroxyl groups is 1. The Balaban J connectivity index is 1.33. The zero-order valence-electron chi connectivity index (χ0n) is 20.7. The summed E-state index contributed by atoms with van der Waals surface area (Å²) in [7, 11) is 0. The highest BCUT2D eigenvalue weighted by Gasteiger charge is 2.63. The highest BCUT2D eigenvalue weighted by atomic mass is 16.3. The third-order valence-corrected chi connectivity index (χ3v) is 10.3. The van der Waals surface area contributed by atoms with Crippen LogP contribution < -0.4 is 9.99 Å². The van der Waals surface area contributed by atoms with Crippen LogP contribution in [0.5, 0.6) is 0 Å². The SMILES string of the molecule is C[C@@H]1CC2=C/C(=N\NC(=O)C[n+]3ccccc3)CC[C@]2(C)[C@H]2CC[C@@]3(C)[C@@H](CC[C@]3(C)O)[C@H]12. The van der Waals surface area contributed by atoms with E-state index in [0.29, 0.717) is 23.7 Å². The normalized spacial score (nSPS) is 43.3. The zero-order chi connectivity index (χ0) is 23.4. The van der Waals surface area contributed by atoms with Gasteiger partial charge >= 0.3 is 5.91 Å². The Morgan fingerprint density at radius 2 is 1.85 bits per heavy atom. The molecule has 178 valence electrons. The lowest BCUT2D eigenvalue weighted by Crippen LogP contribution is -2.56. The second-order valence-electron chi connectivity index (χ2n) is 12.0. The Kier molecular flexibility index (Phi) is 5.55. The van der Waals surface area contributed by atoms with Gasteiger partial charge in [0.25, 0.3) is 0 Å². The smallest absolute Gasteiger partial charge is 0.305 e. The molecule has 5 rings (SSSR count). The number of hydrazone groups is 1. The molecule has 0 unspecified atom stereocenters. The number of carbonyl (C=O) groups excluding carboxylic acids is 1. The van der Waals surface area contributed by atoms with Crippen LogP contribution in [-0.4, -0.2) is 22.3 Å². The van der Waals surface area contributed by atoms with Crippen LogP contribution in [0.4, 0.5) is 0 Å². The van der Waals surface area contributed by atoms with E-state index in [2.05, 4.69) is 44.3 Å². The van der Waals surface area contributed by atoms with E-state index in [1.807, 2.05) is 35.2 Å². The number of pyridine rings is 1. The summed E-state index contributed by atoms with van der Waals surface area (Å²) in [6, 6.07) is 5.78. The van der Waals surface area contributed by atoms with E-state index in [0.717, 1.165) is 37.8 Å². The maximum atomic E-state index is 12.3. The van der Waals surface area contributed by atoms with Crippen LogP contribution in [0.15, 0.2) is 47.3 Å². The number of fused-ring (bicyclic) bond motifs is 5. The van der Waals surface area contributed by atoms with Gasteiger partial charge in [-0.1, -0.05) is 32.4 Å². The number of hydrogen-bond donors (Lipinski definition) is 2. The van der Waals surface area contributed by atoms with Crippen molar-refractivity contribution in [3.8, 4) is 0 Å². The quantitative estimate of drug-likeness (QED) is 0.529. The van der Waals surface area contributed by atoms with E-state index in [-0.39, 0.29) is 23.3 Å². The lowest BCUT2D eigenvalue weighted by atomic mass is 9.44. The molecule has 0 aliphatic heterocycles. The minimum atomic E-state index is -0.526. The Hall–Kier alpha value is -2.01. The van der Waals surface area contributed by atoms with Gasteiger partial charge in [0, 0.05) is 12.1 Å². The molecule has 3 saturated carbocycles. The molecule has 4 aliphatic carbocycles. The van der Waals surface area contributed by atoms with Crippen molar-refractivity contribution in [2.75, 3.05) is 0 Å². The van der Waals surface area contributed by atoms with Gasteiger partial charge in [0.15, 0.2) is 12.4 Å². The van der Waals surface area contributed by atoms with E-state index < -0.39 is 5.60 Å². The van der Waals surface area contributed by atoms with Gasteiger partial charge in [-0.3, -0.25) is 4.79 Å². The second kappa shape index (κ2) is 8.04. The van der Waals surface area contributed by atoms with Crippen LogP contribution in [-0.2, 0) is 11.3 Å². The standard InChI is InChI=1S/C28H39N3O2/c1-19-16-20-17-21(29-30-24(32)18-31-14-6-5-7-15-31)8-11-26(20,2)22-9-12-27(3)23(25(19)22)10-13-28(27,4)33/h5-7,14-15,17,19,22-23,25,33H,8-13,16,18H2,1-4H3/p+1/b29-21-/t19-,22+,23+,25-,26+,27+,28+/m1/s1. The number of allylic oxidation sites excluding steroid dienone is 2. The van der Waals surface area contributed by atoms with Gasteiger partial charge in [-0.25, -0.2) is 5.43 Å². The monoisotopic (exact) mass is 450 g/mol. The van der Waals surface area contributed by atoms with Crippen molar-refractivity contribution >= 4 is 11.6 Å². The molecule has 1 aromatic heterocycles. The minimum absolute atomic E-state index is 0.0579. The fourth-order valence-electron chi connectivity index (χ4n) is 8.12. The van der Waals surface area contributed by atoms with Gasteiger partial charge < -0.3 is 5.11 Å². The summed E-state index contributed by atoms with van der Waals surface area (Å²) in [5, 5.41) is 15.7. The summed E-state index contributed by atoms with van der Waals surface area (Å²) in [6.07, 6.45) is 13.7. The van der Waals surface area contributed by atoms with Gasteiger partial charge in [0.1, 0.15) is 0 Å². The van der Waals surface area contributed by atoms with E-state index in [1.165, 1.54) is 18.4 Å². The van der Waals surface area contributed by atoms with Crippen molar-refractivity contribution in [1.29, 1.82) is 0 Å². The first-order valence-corrected chi connectivity index (χ1v) is 12.9. The Bertz CT molecular complexity index is 984. The Labute approximate surface area is 198 Å². The van der Waals surface area contributed by atoms with Crippen LogP contribution in [0, 0.1) is 34.5 Å². The second-order valence-corrected chi connectivity index (χ2v) is 12.0. The van der Waals surface area contributed by atoms with Gasteiger partial charge in [0.05, 0.1) is 11.3 Å². The number of amides is 1. The third-order valence-electron chi connectivity index (χ3n) is 10.3. The molecule has 1 heterocycles. The molecule has 0 radical (unpaired) electrons. The molecule has 1 aromatic rings. The topological polar surface area (TPSA) is 65.6 Å². The summed E-state index contributed by atoms with van der Waals surface area (Å²) in [6.45, 7) is 9.64. The maximum absolute atomic E-state index is 12.3. The van der Waals surface area contributed by atoms with Crippen LogP contribution >= 0.6 is 0 Å². The van der Waals surface area contributed by atoms with Crippen LogP contribution in [0.25, 0.3) is 0 Å². The molecule has 3 fully saturated rings. The van der Waals surface area contributed by atoms with Gasteiger partial charge in [-0.15, -0.1) is 0 Å². The van der Waals surface area contributed by atoms with Crippen molar-refractivity contribution in [3.05, 3.63) is 42.2 Å². The molecule has 0 bridgehead atoms. The molecule has 0 saturated heterocycles. The average Bonchev–Trinajstić information content (AvgIpc) is 3.03. The van der Waals surface area contributed by atoms with E-state index in [1.54, 1.807) is 0 Å². The number of nitrogens with zero attached hydrogens (tertiary/aromatic N) is 2. The highest BCUT2D eigenvalue weighted by molar-refractivity contribution is 5.97. The number of carbonyl (C=O) groups is 1. The first-order chi connectivity index (χ1) is 15.6. The molecule has 4 aliphatic rings. The van der Waals surface area contributed by atoms with E-state index in [4.69, 9.17) is 0 Å². The predicted octanol–water partition coefficient (Wildman–Crippen LogP) is 4.41. The molecule has 33 heavy (non-hydrogen) atoms. The number of aromatic nitrogens is 1. The first-order valence-electron chi connectivity index (χ1n) is 12.9.